The van der Waals surface area contributed by atoms with Gasteiger partial charge in [-0.25, -0.2) is 8.78 Å². The normalized spacial score (nSPS) is 14.9. The number of carbonyl (C=O) groups excluding carboxylic acids is 1. The first-order valence-corrected chi connectivity index (χ1v) is 5.43. The van der Waals surface area contributed by atoms with Gasteiger partial charge in [-0.05, 0) is 0 Å². The molecule has 0 aliphatic carbocycles. The van der Waals surface area contributed by atoms with Crippen molar-refractivity contribution in [3.8, 4) is 0 Å². The Morgan fingerprint density at radius 3 is 1.58 bits per heavy atom. The van der Waals surface area contributed by atoms with Crippen LogP contribution >= 0.6 is 0 Å². The van der Waals surface area contributed by atoms with Crippen molar-refractivity contribution < 1.29 is 62.2 Å². The van der Waals surface area contributed by atoms with Crippen molar-refractivity contribution in [2.45, 2.75) is 36.0 Å². The standard InChI is InChI=1S/C9H7F12NO2/c10-4(11)6(14,15)8(18,19)9(20,21)7(16,17)5(12,13)2-24-3(23)1-22/h4H,1-2,22H2. The first-order chi connectivity index (χ1) is 10.4. The van der Waals surface area contributed by atoms with Crippen LogP contribution in [0, 0.1) is 0 Å². The van der Waals surface area contributed by atoms with Crippen LogP contribution in [0.15, 0.2) is 0 Å². The van der Waals surface area contributed by atoms with Gasteiger partial charge in [-0.3, -0.25) is 4.79 Å². The Morgan fingerprint density at radius 1 is 0.833 bits per heavy atom. The summed E-state index contributed by atoms with van der Waals surface area (Å²) in [6.45, 7) is -4.14. The van der Waals surface area contributed by atoms with E-state index in [1.165, 1.54) is 0 Å². The smallest absolute Gasteiger partial charge is 0.384 e. The summed E-state index contributed by atoms with van der Waals surface area (Å²) in [5.74, 6) is -37.7. The van der Waals surface area contributed by atoms with Crippen LogP contribution in [0.1, 0.15) is 0 Å². The SMILES string of the molecule is NCC(=O)OCC(F)(F)C(F)(F)C(F)(F)C(F)(F)C(F)(F)C(F)F. The highest BCUT2D eigenvalue weighted by Gasteiger charge is 2.87. The van der Waals surface area contributed by atoms with Crippen molar-refractivity contribution in [1.82, 2.24) is 0 Å². The lowest BCUT2D eigenvalue weighted by Gasteiger charge is -2.38. The predicted molar refractivity (Wildman–Crippen MR) is 50.8 cm³/mol. The molecule has 0 spiro atoms. The topological polar surface area (TPSA) is 52.3 Å². The minimum absolute atomic E-state index is 1.20. The lowest BCUT2D eigenvalue weighted by molar-refractivity contribution is -0.414. The Balaban J connectivity index is 5.84. The van der Waals surface area contributed by atoms with Gasteiger partial charge in [0.25, 0.3) is 0 Å². The third-order valence-electron chi connectivity index (χ3n) is 2.52. The third kappa shape index (κ3) is 3.35. The Kier molecular flexibility index (Phi) is 6.10. The largest absolute Gasteiger partial charge is 0.458 e. The van der Waals surface area contributed by atoms with E-state index in [1.807, 2.05) is 0 Å². The fraction of sp³-hybridized carbons (Fsp3) is 0.889. The highest BCUT2D eigenvalue weighted by Crippen LogP contribution is 2.58. The maximum Gasteiger partial charge on any atom is 0.384 e. The molecular weight excluding hydrogens is 382 g/mol. The zero-order valence-corrected chi connectivity index (χ0v) is 10.9. The molecule has 0 radical (unpaired) electrons. The van der Waals surface area contributed by atoms with E-state index in [1.54, 1.807) is 0 Å². The van der Waals surface area contributed by atoms with Crippen LogP contribution in [0.3, 0.4) is 0 Å². The summed E-state index contributed by atoms with van der Waals surface area (Å²) in [5.41, 5.74) is 4.50. The van der Waals surface area contributed by atoms with Gasteiger partial charge in [0.1, 0.15) is 0 Å². The van der Waals surface area contributed by atoms with Crippen molar-refractivity contribution >= 4 is 5.97 Å². The number of esters is 1. The molecule has 0 atom stereocenters. The summed E-state index contributed by atoms with van der Waals surface area (Å²) >= 11 is 0. The Morgan fingerprint density at radius 2 is 1.25 bits per heavy atom. The van der Waals surface area contributed by atoms with Crippen molar-refractivity contribution in [3.05, 3.63) is 0 Å². The molecule has 0 saturated carbocycles. The number of rotatable bonds is 8. The molecule has 0 heterocycles. The van der Waals surface area contributed by atoms with E-state index < -0.39 is 55.2 Å². The minimum Gasteiger partial charge on any atom is -0.458 e. The second-order valence-electron chi connectivity index (χ2n) is 4.22. The van der Waals surface area contributed by atoms with E-state index in [4.69, 9.17) is 0 Å². The Bertz CT molecular complexity index is 463. The van der Waals surface area contributed by atoms with Crippen LogP contribution < -0.4 is 5.73 Å². The molecule has 0 aromatic carbocycles. The average Bonchev–Trinajstić information content (AvgIpc) is 2.43. The summed E-state index contributed by atoms with van der Waals surface area (Å²) in [6.07, 6.45) is -5.57. The van der Waals surface area contributed by atoms with Crippen molar-refractivity contribution in [1.29, 1.82) is 0 Å². The fourth-order valence-corrected chi connectivity index (χ4v) is 1.09. The lowest BCUT2D eigenvalue weighted by atomic mass is 9.94. The van der Waals surface area contributed by atoms with Gasteiger partial charge in [0.15, 0.2) is 6.61 Å². The first-order valence-electron chi connectivity index (χ1n) is 5.43. The van der Waals surface area contributed by atoms with E-state index in [0.29, 0.717) is 0 Å². The molecule has 0 aliphatic rings. The van der Waals surface area contributed by atoms with Gasteiger partial charge in [-0.15, -0.1) is 0 Å². The summed E-state index contributed by atoms with van der Waals surface area (Å²) in [7, 11) is 0. The maximum absolute atomic E-state index is 13.0. The molecule has 0 amide bonds. The number of carbonyl (C=O) groups is 1. The predicted octanol–water partition coefficient (Wildman–Crippen LogP) is 2.93. The van der Waals surface area contributed by atoms with Gasteiger partial charge in [-0.2, -0.15) is 43.9 Å². The third-order valence-corrected chi connectivity index (χ3v) is 2.52. The van der Waals surface area contributed by atoms with E-state index in [0.717, 1.165) is 0 Å². The van der Waals surface area contributed by atoms with Gasteiger partial charge in [-0.1, -0.05) is 0 Å². The number of ether oxygens (including phenoxy) is 1. The van der Waals surface area contributed by atoms with E-state index in [9.17, 15) is 57.5 Å². The number of hydrogen-bond acceptors (Lipinski definition) is 3. The molecule has 0 aromatic rings. The summed E-state index contributed by atoms with van der Waals surface area (Å²) in [6, 6.07) is 0. The number of halogens is 12. The molecule has 24 heavy (non-hydrogen) atoms. The molecule has 2 N–H and O–H groups in total. The van der Waals surface area contributed by atoms with Crippen LogP contribution in [0.5, 0.6) is 0 Å². The zero-order chi connectivity index (χ0) is 19.8. The van der Waals surface area contributed by atoms with Gasteiger partial charge in [0.05, 0.1) is 6.54 Å². The Hall–Kier alpha value is -1.41. The molecular formula is C9H7F12NO2. The first kappa shape index (κ1) is 22.6. The summed E-state index contributed by atoms with van der Waals surface area (Å²) in [5, 5.41) is 0. The monoisotopic (exact) mass is 389 g/mol. The molecule has 0 aliphatic heterocycles. The second kappa shape index (κ2) is 6.48. The number of alkyl halides is 12. The van der Waals surface area contributed by atoms with Crippen molar-refractivity contribution in [2.75, 3.05) is 13.2 Å². The van der Waals surface area contributed by atoms with Gasteiger partial charge >= 0.3 is 42.0 Å². The fourth-order valence-electron chi connectivity index (χ4n) is 1.09. The molecule has 3 nitrogen and oxygen atoms in total. The van der Waals surface area contributed by atoms with Gasteiger partial charge < -0.3 is 10.5 Å². The molecule has 15 heteroatoms. The van der Waals surface area contributed by atoms with Crippen molar-refractivity contribution in [2.24, 2.45) is 5.73 Å². The van der Waals surface area contributed by atoms with E-state index in [2.05, 4.69) is 10.5 Å². The van der Waals surface area contributed by atoms with Crippen LogP contribution in [-0.4, -0.2) is 55.2 Å². The molecule has 0 unspecified atom stereocenters. The van der Waals surface area contributed by atoms with Gasteiger partial charge in [0.2, 0.25) is 0 Å². The highest BCUT2D eigenvalue weighted by atomic mass is 19.4. The summed E-state index contributed by atoms with van der Waals surface area (Å²) in [4.78, 5) is 10.4. The maximum atomic E-state index is 13.0. The average molecular weight is 389 g/mol. The van der Waals surface area contributed by atoms with Crippen LogP contribution in [0.25, 0.3) is 0 Å². The Labute approximate surface area is 124 Å². The molecule has 144 valence electrons. The van der Waals surface area contributed by atoms with Crippen LogP contribution in [0.4, 0.5) is 52.7 Å². The number of nitrogens with two attached hydrogens (primary N) is 1. The molecule has 0 bridgehead atoms. The highest BCUT2D eigenvalue weighted by molar-refractivity contribution is 5.71. The van der Waals surface area contributed by atoms with E-state index >= 15 is 0 Å². The zero-order valence-electron chi connectivity index (χ0n) is 10.9. The van der Waals surface area contributed by atoms with Crippen molar-refractivity contribution in [3.63, 3.8) is 0 Å². The molecule has 0 rings (SSSR count). The second-order valence-corrected chi connectivity index (χ2v) is 4.22. The van der Waals surface area contributed by atoms with Crippen LogP contribution in [0.2, 0.25) is 0 Å². The minimum atomic E-state index is -7.64. The quantitative estimate of drug-likeness (QED) is 0.513. The number of hydrogen-bond donors (Lipinski definition) is 1. The van der Waals surface area contributed by atoms with Crippen LogP contribution in [-0.2, 0) is 9.53 Å². The van der Waals surface area contributed by atoms with E-state index in [-0.39, 0.29) is 0 Å². The summed E-state index contributed by atoms with van der Waals surface area (Å²) < 4.78 is 155. The molecule has 0 saturated heterocycles. The lowest BCUT2D eigenvalue weighted by Crippen LogP contribution is -2.69. The molecule has 0 aromatic heterocycles. The molecule has 0 fully saturated rings. The van der Waals surface area contributed by atoms with Gasteiger partial charge in [0, 0.05) is 0 Å².